The minimum atomic E-state index is 1.10. The van der Waals surface area contributed by atoms with E-state index in [1.807, 2.05) is 11.9 Å². The van der Waals surface area contributed by atoms with Gasteiger partial charge in [0.2, 0.25) is 0 Å². The summed E-state index contributed by atoms with van der Waals surface area (Å²) >= 11 is 2.01. The van der Waals surface area contributed by atoms with Crippen LogP contribution < -0.4 is 0 Å². The zero-order chi connectivity index (χ0) is 6.27. The minimum Gasteiger partial charge on any atom is -0.250 e. The Balaban J connectivity index is 1.77. The van der Waals surface area contributed by atoms with Gasteiger partial charge in [-0.15, -0.1) is 0 Å². The highest BCUT2D eigenvalue weighted by molar-refractivity contribution is 7.96. The third-order valence-corrected chi connectivity index (χ3v) is 3.18. The molecule has 1 aliphatic carbocycles. The van der Waals surface area contributed by atoms with Gasteiger partial charge in [0.15, 0.2) is 0 Å². The second kappa shape index (κ2) is 2.17. The summed E-state index contributed by atoms with van der Waals surface area (Å²) in [4.78, 5) is 0. The first-order chi connectivity index (χ1) is 4.40. The van der Waals surface area contributed by atoms with Gasteiger partial charge in [0, 0.05) is 18.8 Å². The predicted molar refractivity (Wildman–Crippen MR) is 41.3 cm³/mol. The molecule has 1 nitrogen and oxygen atoms in total. The van der Waals surface area contributed by atoms with Crippen LogP contribution in [-0.4, -0.2) is 23.1 Å². The molecule has 2 fully saturated rings. The number of nitrogens with zero attached hydrogens (tertiary/aromatic N) is 1. The molecule has 0 amide bonds. The van der Waals surface area contributed by atoms with E-state index in [1.165, 1.54) is 25.3 Å². The minimum absolute atomic E-state index is 1.10. The van der Waals surface area contributed by atoms with Crippen LogP contribution in [0.15, 0.2) is 0 Å². The van der Waals surface area contributed by atoms with E-state index in [9.17, 15) is 0 Å². The van der Waals surface area contributed by atoms with Gasteiger partial charge >= 0.3 is 0 Å². The monoisotopic (exact) mass is 143 g/mol. The Kier molecular flexibility index (Phi) is 1.46. The number of hydrogen-bond donors (Lipinski definition) is 0. The summed E-state index contributed by atoms with van der Waals surface area (Å²) < 4.78 is 2.53. The standard InChI is InChI=1S/C7H13NS/c1-2-9-8-4-6-3-7(6)5-8/h6-7H,2-5H2,1H3. The number of rotatable bonds is 2. The molecule has 2 aliphatic rings. The Labute approximate surface area is 60.9 Å². The molecule has 0 radical (unpaired) electrons. The van der Waals surface area contributed by atoms with Crippen LogP contribution in [0.3, 0.4) is 0 Å². The zero-order valence-corrected chi connectivity index (χ0v) is 6.66. The van der Waals surface area contributed by atoms with E-state index < -0.39 is 0 Å². The Hall–Kier alpha value is 0.310. The van der Waals surface area contributed by atoms with Crippen molar-refractivity contribution in [2.75, 3.05) is 18.8 Å². The molecule has 1 aliphatic heterocycles. The largest absolute Gasteiger partial charge is 0.250 e. The fraction of sp³-hybridized carbons (Fsp3) is 1.00. The molecule has 1 saturated carbocycles. The lowest BCUT2D eigenvalue weighted by Gasteiger charge is -2.13. The summed E-state index contributed by atoms with van der Waals surface area (Å²) in [5.41, 5.74) is 0. The first kappa shape index (κ1) is 6.05. The van der Waals surface area contributed by atoms with Crippen LogP contribution in [-0.2, 0) is 0 Å². The van der Waals surface area contributed by atoms with Crippen molar-refractivity contribution < 1.29 is 0 Å². The summed E-state index contributed by atoms with van der Waals surface area (Å²) in [6.07, 6.45) is 1.53. The normalized spacial score (nSPS) is 41.0. The molecule has 2 heteroatoms. The van der Waals surface area contributed by atoms with Crippen molar-refractivity contribution in [2.24, 2.45) is 11.8 Å². The molecule has 2 atom stereocenters. The molecule has 0 spiro atoms. The molecule has 2 rings (SSSR count). The lowest BCUT2D eigenvalue weighted by molar-refractivity contribution is 0.518. The maximum absolute atomic E-state index is 2.53. The highest BCUT2D eigenvalue weighted by Gasteiger charge is 2.44. The fourth-order valence-electron chi connectivity index (χ4n) is 1.64. The van der Waals surface area contributed by atoms with Crippen LogP contribution in [0.4, 0.5) is 0 Å². The van der Waals surface area contributed by atoms with Crippen LogP contribution in [0.1, 0.15) is 13.3 Å². The fourth-order valence-corrected chi connectivity index (χ4v) is 2.60. The van der Waals surface area contributed by atoms with Crippen LogP contribution in [0.5, 0.6) is 0 Å². The number of piperidine rings is 1. The van der Waals surface area contributed by atoms with Crippen LogP contribution in [0.25, 0.3) is 0 Å². The average Bonchev–Trinajstić information content (AvgIpc) is 2.42. The van der Waals surface area contributed by atoms with Crippen molar-refractivity contribution in [3.05, 3.63) is 0 Å². The average molecular weight is 143 g/mol. The van der Waals surface area contributed by atoms with Gasteiger partial charge in [0.25, 0.3) is 0 Å². The molecule has 1 saturated heterocycles. The molecule has 0 aromatic carbocycles. The summed E-state index contributed by atoms with van der Waals surface area (Å²) in [7, 11) is 0. The lowest BCUT2D eigenvalue weighted by atomic mass is 10.4. The van der Waals surface area contributed by atoms with E-state index in [0.717, 1.165) is 11.8 Å². The number of fused-ring (bicyclic) bond motifs is 1. The smallest absolute Gasteiger partial charge is 0.0121 e. The maximum atomic E-state index is 2.53. The van der Waals surface area contributed by atoms with Gasteiger partial charge in [-0.1, -0.05) is 18.9 Å². The summed E-state index contributed by atoms with van der Waals surface area (Å²) in [5, 5.41) is 0. The van der Waals surface area contributed by atoms with E-state index in [2.05, 4.69) is 11.2 Å². The molecule has 0 aromatic rings. The second-order valence-corrected chi connectivity index (χ2v) is 4.37. The summed E-state index contributed by atoms with van der Waals surface area (Å²) in [6, 6.07) is 0. The molecule has 0 aromatic heterocycles. The molecular weight excluding hydrogens is 130 g/mol. The van der Waals surface area contributed by atoms with Crippen LogP contribution in [0.2, 0.25) is 0 Å². The topological polar surface area (TPSA) is 3.24 Å². The van der Waals surface area contributed by atoms with Crippen molar-refractivity contribution in [3.63, 3.8) is 0 Å². The van der Waals surface area contributed by atoms with Crippen LogP contribution >= 0.6 is 11.9 Å². The quantitative estimate of drug-likeness (QED) is 0.540. The third kappa shape index (κ3) is 1.10. The molecule has 0 N–H and O–H groups in total. The Morgan fingerprint density at radius 1 is 1.44 bits per heavy atom. The van der Waals surface area contributed by atoms with E-state index in [1.54, 1.807) is 0 Å². The van der Waals surface area contributed by atoms with E-state index in [-0.39, 0.29) is 0 Å². The highest BCUT2D eigenvalue weighted by atomic mass is 32.2. The van der Waals surface area contributed by atoms with Crippen molar-refractivity contribution in [3.8, 4) is 0 Å². The van der Waals surface area contributed by atoms with E-state index in [4.69, 9.17) is 0 Å². The SMILES string of the molecule is CCSN1CC2CC2C1. The van der Waals surface area contributed by atoms with Gasteiger partial charge in [-0.05, 0) is 18.3 Å². The van der Waals surface area contributed by atoms with Crippen molar-refractivity contribution in [1.82, 2.24) is 4.31 Å². The van der Waals surface area contributed by atoms with Gasteiger partial charge in [0.05, 0.1) is 0 Å². The predicted octanol–water partition coefficient (Wildman–Crippen LogP) is 1.61. The maximum Gasteiger partial charge on any atom is 0.0121 e. The molecule has 0 bridgehead atoms. The Morgan fingerprint density at radius 2 is 2.11 bits per heavy atom. The van der Waals surface area contributed by atoms with Gasteiger partial charge in [-0.3, -0.25) is 4.31 Å². The Bertz CT molecular complexity index is 105. The van der Waals surface area contributed by atoms with Gasteiger partial charge in [-0.2, -0.15) is 0 Å². The first-order valence-corrected chi connectivity index (χ1v) is 4.72. The van der Waals surface area contributed by atoms with E-state index >= 15 is 0 Å². The zero-order valence-electron chi connectivity index (χ0n) is 5.84. The van der Waals surface area contributed by atoms with Crippen molar-refractivity contribution in [1.29, 1.82) is 0 Å². The molecular formula is C7H13NS. The molecule has 52 valence electrons. The lowest BCUT2D eigenvalue weighted by Crippen LogP contribution is -2.13. The number of hydrogen-bond acceptors (Lipinski definition) is 2. The highest BCUT2D eigenvalue weighted by Crippen LogP contribution is 2.46. The summed E-state index contributed by atoms with van der Waals surface area (Å²) in [5.74, 6) is 3.45. The van der Waals surface area contributed by atoms with Crippen molar-refractivity contribution in [2.45, 2.75) is 13.3 Å². The molecule has 1 heterocycles. The van der Waals surface area contributed by atoms with Crippen LogP contribution in [0, 0.1) is 11.8 Å². The summed E-state index contributed by atoms with van der Waals surface area (Å²) in [6.45, 7) is 4.99. The molecule has 2 unspecified atom stereocenters. The second-order valence-electron chi connectivity index (χ2n) is 3.02. The molecule has 9 heavy (non-hydrogen) atoms. The van der Waals surface area contributed by atoms with Crippen molar-refractivity contribution >= 4 is 11.9 Å². The van der Waals surface area contributed by atoms with Gasteiger partial charge < -0.3 is 0 Å². The van der Waals surface area contributed by atoms with Gasteiger partial charge in [-0.25, -0.2) is 0 Å². The third-order valence-electron chi connectivity index (χ3n) is 2.26. The first-order valence-electron chi connectivity index (χ1n) is 3.78. The van der Waals surface area contributed by atoms with Gasteiger partial charge in [0.1, 0.15) is 0 Å². The van der Waals surface area contributed by atoms with E-state index in [0.29, 0.717) is 0 Å². The Morgan fingerprint density at radius 3 is 2.67 bits per heavy atom.